The van der Waals surface area contributed by atoms with Crippen LogP contribution in [0, 0.1) is 5.92 Å². The molecule has 3 aromatic rings. The van der Waals surface area contributed by atoms with Crippen LogP contribution < -0.4 is 29.6 Å². The number of nitrogens with zero attached hydrogens (tertiary/aromatic N) is 2. The van der Waals surface area contributed by atoms with Crippen molar-refractivity contribution in [2.75, 3.05) is 51.3 Å². The topological polar surface area (TPSA) is 156 Å². The first kappa shape index (κ1) is 31.9. The maximum atomic E-state index is 13.8. The molecule has 0 saturated carbocycles. The van der Waals surface area contributed by atoms with Crippen LogP contribution in [0.1, 0.15) is 24.2 Å². The van der Waals surface area contributed by atoms with E-state index in [1.165, 1.54) is 41.6 Å². The van der Waals surface area contributed by atoms with E-state index < -0.39 is 34.1 Å². The van der Waals surface area contributed by atoms with Gasteiger partial charge in [-0.1, -0.05) is 6.92 Å². The molecule has 2 aliphatic heterocycles. The number of likely N-dealkylation sites (N-methyl/N-ethyl adjacent to an activating group) is 1. The van der Waals surface area contributed by atoms with Crippen molar-refractivity contribution in [3.63, 3.8) is 0 Å². The van der Waals surface area contributed by atoms with Gasteiger partial charge in [0.1, 0.15) is 17.6 Å². The lowest BCUT2D eigenvalue weighted by Crippen LogP contribution is -2.50. The van der Waals surface area contributed by atoms with E-state index in [9.17, 15) is 23.1 Å². The molecule has 3 amide bonds. The number of aliphatic hydroxyl groups is 1. The number of urea groups is 1. The van der Waals surface area contributed by atoms with Gasteiger partial charge >= 0.3 is 6.03 Å². The molecule has 0 aliphatic carbocycles. The Morgan fingerprint density at radius 3 is 2.36 bits per heavy atom. The number of benzene rings is 3. The fourth-order valence-electron chi connectivity index (χ4n) is 5.07. The Kier molecular flexibility index (Phi) is 9.37. The fourth-order valence-corrected chi connectivity index (χ4v) is 6.25. The number of rotatable bonds is 9. The molecule has 3 N–H and O–H groups in total. The first-order valence-electron chi connectivity index (χ1n) is 14.3. The van der Waals surface area contributed by atoms with E-state index in [4.69, 9.17) is 18.9 Å². The number of ether oxygens (including phenoxy) is 4. The Hall–Kier alpha value is -4.53. The minimum Gasteiger partial charge on any atom is -0.497 e. The molecule has 240 valence electrons. The van der Waals surface area contributed by atoms with Gasteiger partial charge in [0.25, 0.3) is 5.91 Å². The highest BCUT2D eigenvalue weighted by Crippen LogP contribution is 2.35. The summed E-state index contributed by atoms with van der Waals surface area (Å²) in [7, 11) is -0.898. The van der Waals surface area contributed by atoms with Crippen LogP contribution in [0.3, 0.4) is 0 Å². The summed E-state index contributed by atoms with van der Waals surface area (Å²) in [5.41, 5.74) is 0.967. The van der Waals surface area contributed by atoms with Crippen LogP contribution in [0.2, 0.25) is 0 Å². The molecule has 2 heterocycles. The molecule has 13 nitrogen and oxygen atoms in total. The van der Waals surface area contributed by atoms with E-state index in [0.29, 0.717) is 28.6 Å². The minimum absolute atomic E-state index is 0.0115. The summed E-state index contributed by atoms with van der Waals surface area (Å²) in [5.74, 6) is 1.16. The van der Waals surface area contributed by atoms with Gasteiger partial charge in [-0.3, -0.25) is 4.79 Å². The van der Waals surface area contributed by atoms with Gasteiger partial charge in [0.15, 0.2) is 11.5 Å². The van der Waals surface area contributed by atoms with Gasteiger partial charge in [0.05, 0.1) is 36.8 Å². The lowest BCUT2D eigenvalue weighted by Gasteiger charge is -2.38. The van der Waals surface area contributed by atoms with Crippen LogP contribution in [0.25, 0.3) is 0 Å². The Balaban J connectivity index is 1.38. The number of methoxy groups -OCH3 is 1. The van der Waals surface area contributed by atoms with Crippen molar-refractivity contribution in [3.8, 4) is 23.0 Å². The lowest BCUT2D eigenvalue weighted by molar-refractivity contribution is 0.0387. The molecule has 45 heavy (non-hydrogen) atoms. The zero-order chi connectivity index (χ0) is 32.3. The minimum atomic E-state index is -3.87. The smallest absolute Gasteiger partial charge is 0.323 e. The molecule has 0 spiro atoms. The van der Waals surface area contributed by atoms with Gasteiger partial charge in [0.2, 0.25) is 16.8 Å². The number of carbonyl (C=O) groups excluding carboxylic acids is 2. The normalized spacial score (nSPS) is 18.4. The fraction of sp³-hybridized carbons (Fsp3) is 0.355. The summed E-state index contributed by atoms with van der Waals surface area (Å²) in [6, 6.07) is 14.7. The maximum Gasteiger partial charge on any atom is 0.323 e. The van der Waals surface area contributed by atoms with Crippen LogP contribution >= 0.6 is 0 Å². The van der Waals surface area contributed by atoms with Gasteiger partial charge in [-0.05, 0) is 61.5 Å². The second-order valence-corrected chi connectivity index (χ2v) is 13.0. The molecule has 0 bridgehead atoms. The van der Waals surface area contributed by atoms with E-state index in [1.807, 2.05) is 6.92 Å². The van der Waals surface area contributed by atoms with E-state index in [0.717, 1.165) is 0 Å². The van der Waals surface area contributed by atoms with Crippen molar-refractivity contribution in [2.24, 2.45) is 5.92 Å². The van der Waals surface area contributed by atoms with Gasteiger partial charge < -0.3 is 39.6 Å². The molecular weight excluding hydrogens is 604 g/mol. The number of fused-ring (bicyclic) bond motifs is 2. The molecule has 3 aromatic carbocycles. The summed E-state index contributed by atoms with van der Waals surface area (Å²) in [4.78, 5) is 28.2. The largest absolute Gasteiger partial charge is 0.497 e. The van der Waals surface area contributed by atoms with Gasteiger partial charge in [0, 0.05) is 37.0 Å². The second-order valence-electron chi connectivity index (χ2n) is 10.9. The number of hydrogen-bond donors (Lipinski definition) is 3. The van der Waals surface area contributed by atoms with Gasteiger partial charge in [-0.25, -0.2) is 13.2 Å². The highest BCUT2D eigenvalue weighted by molar-refractivity contribution is 7.89. The molecular formula is C31H36N4O9S. The average molecular weight is 641 g/mol. The Morgan fingerprint density at radius 1 is 1.04 bits per heavy atom. The van der Waals surface area contributed by atoms with Gasteiger partial charge in [-0.2, -0.15) is 4.31 Å². The van der Waals surface area contributed by atoms with Crippen LogP contribution in [0.5, 0.6) is 23.0 Å². The number of carbonyl (C=O) groups is 2. The molecule has 0 unspecified atom stereocenters. The molecule has 3 atom stereocenters. The SMILES string of the molecule is COc1ccc(S(=O)(=O)N(C)C[C@@H]2Oc3ccc(NC(=O)Nc4ccc5c(c4)OCO5)cc3C(=O)N([C@@H](C)CO)C[C@H]2C)cc1. The molecule has 2 aliphatic rings. The third kappa shape index (κ3) is 6.92. The van der Waals surface area contributed by atoms with E-state index in [1.54, 1.807) is 49.4 Å². The Morgan fingerprint density at radius 2 is 1.69 bits per heavy atom. The molecule has 0 radical (unpaired) electrons. The predicted octanol–water partition coefficient (Wildman–Crippen LogP) is 3.61. The molecule has 14 heteroatoms. The van der Waals surface area contributed by atoms with E-state index >= 15 is 0 Å². The first-order chi connectivity index (χ1) is 21.5. The number of sulfonamides is 1. The van der Waals surface area contributed by atoms with Crippen molar-refractivity contribution < 1.29 is 42.1 Å². The van der Waals surface area contributed by atoms with Crippen LogP contribution in [-0.4, -0.2) is 87.5 Å². The monoisotopic (exact) mass is 640 g/mol. The number of anilines is 2. The third-order valence-electron chi connectivity index (χ3n) is 7.76. The first-order valence-corrected chi connectivity index (χ1v) is 15.7. The second kappa shape index (κ2) is 13.2. The zero-order valence-electron chi connectivity index (χ0n) is 25.3. The quantitative estimate of drug-likeness (QED) is 0.318. The van der Waals surface area contributed by atoms with Crippen molar-refractivity contribution in [1.29, 1.82) is 0 Å². The predicted molar refractivity (Wildman–Crippen MR) is 166 cm³/mol. The van der Waals surface area contributed by atoms with Crippen molar-refractivity contribution in [3.05, 3.63) is 66.2 Å². The van der Waals surface area contributed by atoms with Crippen molar-refractivity contribution >= 4 is 33.3 Å². The maximum absolute atomic E-state index is 13.8. The summed E-state index contributed by atoms with van der Waals surface area (Å²) < 4.78 is 50.1. The van der Waals surface area contributed by atoms with E-state index in [2.05, 4.69) is 10.6 Å². The average Bonchev–Trinajstić information content (AvgIpc) is 3.50. The van der Waals surface area contributed by atoms with Crippen molar-refractivity contribution in [2.45, 2.75) is 30.9 Å². The summed E-state index contributed by atoms with van der Waals surface area (Å²) in [6.07, 6.45) is -0.656. The highest BCUT2D eigenvalue weighted by Gasteiger charge is 2.35. The molecule has 5 rings (SSSR count). The zero-order valence-corrected chi connectivity index (χ0v) is 26.2. The molecule has 0 aromatic heterocycles. The summed E-state index contributed by atoms with van der Waals surface area (Å²) in [5, 5.41) is 15.4. The number of amides is 3. The lowest BCUT2D eigenvalue weighted by atomic mass is 9.99. The standard InChI is InChI=1S/C31H36N4O9S/c1-19-15-35(20(2)17-36)30(37)25-13-21(32-31(38)33-22-6-12-27-28(14-22)43-18-42-27)5-11-26(25)44-29(19)16-34(3)45(39,40)24-9-7-23(41-4)8-10-24/h5-14,19-20,29,36H,15-18H2,1-4H3,(H2,32,33,38)/t19-,20+,29+/m1/s1. The third-order valence-corrected chi connectivity index (χ3v) is 9.60. The number of nitrogens with one attached hydrogen (secondary N) is 2. The number of aliphatic hydroxyl groups excluding tert-OH is 1. The van der Waals surface area contributed by atoms with Crippen LogP contribution in [0.15, 0.2) is 65.6 Å². The van der Waals surface area contributed by atoms with Crippen LogP contribution in [-0.2, 0) is 10.0 Å². The van der Waals surface area contributed by atoms with E-state index in [-0.39, 0.29) is 48.6 Å². The van der Waals surface area contributed by atoms with Crippen LogP contribution in [0.4, 0.5) is 16.2 Å². The molecule has 0 saturated heterocycles. The van der Waals surface area contributed by atoms with Gasteiger partial charge in [-0.15, -0.1) is 0 Å². The summed E-state index contributed by atoms with van der Waals surface area (Å²) in [6.45, 7) is 3.61. The Bertz CT molecular complexity index is 1670. The summed E-state index contributed by atoms with van der Waals surface area (Å²) >= 11 is 0. The Labute approximate surface area is 261 Å². The number of hydrogen-bond acceptors (Lipinski definition) is 9. The van der Waals surface area contributed by atoms with Crippen molar-refractivity contribution in [1.82, 2.24) is 9.21 Å². The highest BCUT2D eigenvalue weighted by atomic mass is 32.2. The molecule has 0 fully saturated rings.